The van der Waals surface area contributed by atoms with Crippen LogP contribution in [0.15, 0.2) is 53.4 Å². The van der Waals surface area contributed by atoms with Crippen molar-refractivity contribution in [1.82, 2.24) is 0 Å². The van der Waals surface area contributed by atoms with Gasteiger partial charge in [0, 0.05) is 15.6 Å². The molecule has 0 saturated heterocycles. The zero-order valence-corrected chi connectivity index (χ0v) is 14.4. The second kappa shape index (κ2) is 8.25. The number of rotatable bonds is 6. The molecule has 1 N–H and O–H groups in total. The molecular formula is C18H20ClNOS. The standard InChI is InChI=1S/C18H20ClNOS/c1-3-13(2)14-4-8-16(9-5-14)20-18(21)12-22-17-10-6-15(19)7-11-17/h4-11,13H,3,12H2,1-2H3,(H,20,21). The van der Waals surface area contributed by atoms with Crippen LogP contribution in [0.1, 0.15) is 31.7 Å². The highest BCUT2D eigenvalue weighted by molar-refractivity contribution is 8.00. The van der Waals surface area contributed by atoms with Crippen LogP contribution in [0.25, 0.3) is 0 Å². The van der Waals surface area contributed by atoms with E-state index in [1.54, 1.807) is 0 Å². The molecular weight excluding hydrogens is 314 g/mol. The van der Waals surface area contributed by atoms with E-state index in [1.807, 2.05) is 36.4 Å². The lowest BCUT2D eigenvalue weighted by molar-refractivity contribution is -0.113. The number of halogens is 1. The summed E-state index contributed by atoms with van der Waals surface area (Å²) in [5.74, 6) is 0.927. The van der Waals surface area contributed by atoms with E-state index in [4.69, 9.17) is 11.6 Å². The number of carbonyl (C=O) groups is 1. The number of carbonyl (C=O) groups excluding carboxylic acids is 1. The van der Waals surface area contributed by atoms with Crippen molar-refractivity contribution in [3.05, 3.63) is 59.1 Å². The van der Waals surface area contributed by atoms with Crippen molar-refractivity contribution >= 4 is 35.0 Å². The number of thioether (sulfide) groups is 1. The van der Waals surface area contributed by atoms with Gasteiger partial charge in [0.05, 0.1) is 5.75 Å². The summed E-state index contributed by atoms with van der Waals surface area (Å²) < 4.78 is 0. The van der Waals surface area contributed by atoms with Gasteiger partial charge in [-0.1, -0.05) is 37.6 Å². The van der Waals surface area contributed by atoms with E-state index >= 15 is 0 Å². The number of nitrogens with one attached hydrogen (secondary N) is 1. The molecule has 2 nitrogen and oxygen atoms in total. The average Bonchev–Trinajstić information content (AvgIpc) is 2.54. The average molecular weight is 334 g/mol. The van der Waals surface area contributed by atoms with Gasteiger partial charge in [-0.3, -0.25) is 4.79 Å². The van der Waals surface area contributed by atoms with Crippen LogP contribution in [0.3, 0.4) is 0 Å². The van der Waals surface area contributed by atoms with Crippen LogP contribution >= 0.6 is 23.4 Å². The topological polar surface area (TPSA) is 29.1 Å². The molecule has 1 atom stereocenters. The van der Waals surface area contributed by atoms with E-state index in [9.17, 15) is 4.79 Å². The second-order valence-corrected chi connectivity index (χ2v) is 6.71. The number of hydrogen-bond donors (Lipinski definition) is 1. The molecule has 0 saturated carbocycles. The molecule has 116 valence electrons. The fourth-order valence-electron chi connectivity index (χ4n) is 2.01. The molecule has 22 heavy (non-hydrogen) atoms. The maximum atomic E-state index is 12.0. The molecule has 1 unspecified atom stereocenters. The first kappa shape index (κ1) is 16.9. The van der Waals surface area contributed by atoms with Crippen LogP contribution in [-0.2, 0) is 4.79 Å². The van der Waals surface area contributed by atoms with Crippen molar-refractivity contribution in [3.8, 4) is 0 Å². The van der Waals surface area contributed by atoms with E-state index in [0.29, 0.717) is 16.7 Å². The van der Waals surface area contributed by atoms with Crippen molar-refractivity contribution in [3.63, 3.8) is 0 Å². The summed E-state index contributed by atoms with van der Waals surface area (Å²) >= 11 is 7.34. The van der Waals surface area contributed by atoms with Crippen LogP contribution in [0.4, 0.5) is 5.69 Å². The summed E-state index contributed by atoms with van der Waals surface area (Å²) in [4.78, 5) is 13.0. The van der Waals surface area contributed by atoms with Gasteiger partial charge in [0.1, 0.15) is 0 Å². The molecule has 0 aliphatic carbocycles. The molecule has 0 bridgehead atoms. The van der Waals surface area contributed by atoms with Gasteiger partial charge in [-0.25, -0.2) is 0 Å². The fraction of sp³-hybridized carbons (Fsp3) is 0.278. The quantitative estimate of drug-likeness (QED) is 0.699. The Morgan fingerprint density at radius 2 is 1.77 bits per heavy atom. The zero-order chi connectivity index (χ0) is 15.9. The minimum absolute atomic E-state index is 0.00348. The van der Waals surface area contributed by atoms with Gasteiger partial charge < -0.3 is 5.32 Å². The minimum atomic E-state index is -0.00348. The van der Waals surface area contributed by atoms with Crippen LogP contribution in [-0.4, -0.2) is 11.7 Å². The fourth-order valence-corrected chi connectivity index (χ4v) is 2.83. The molecule has 4 heteroatoms. The third kappa shape index (κ3) is 5.08. The number of hydrogen-bond acceptors (Lipinski definition) is 2. The van der Waals surface area contributed by atoms with E-state index < -0.39 is 0 Å². The number of anilines is 1. The third-order valence-electron chi connectivity index (χ3n) is 3.56. The molecule has 0 fully saturated rings. The molecule has 0 aliphatic heterocycles. The SMILES string of the molecule is CCC(C)c1ccc(NC(=O)CSc2ccc(Cl)cc2)cc1. The van der Waals surface area contributed by atoms with E-state index in [-0.39, 0.29) is 5.91 Å². The Labute approximate surface area is 141 Å². The Bertz CT molecular complexity index is 610. The molecule has 0 aromatic heterocycles. The molecule has 0 spiro atoms. The molecule has 0 aliphatic rings. The van der Waals surface area contributed by atoms with Crippen LogP contribution in [0, 0.1) is 0 Å². The summed E-state index contributed by atoms with van der Waals surface area (Å²) in [5, 5.41) is 3.63. The smallest absolute Gasteiger partial charge is 0.234 e. The highest BCUT2D eigenvalue weighted by Crippen LogP contribution is 2.22. The first-order chi connectivity index (χ1) is 10.6. The van der Waals surface area contributed by atoms with Gasteiger partial charge in [0.15, 0.2) is 0 Å². The number of amides is 1. The first-order valence-electron chi connectivity index (χ1n) is 7.36. The summed E-state index contributed by atoms with van der Waals surface area (Å²) in [6.45, 7) is 4.38. The Kier molecular flexibility index (Phi) is 6.34. The van der Waals surface area contributed by atoms with E-state index in [0.717, 1.165) is 17.0 Å². The van der Waals surface area contributed by atoms with Crippen LogP contribution in [0.2, 0.25) is 5.02 Å². The van der Waals surface area contributed by atoms with Crippen molar-refractivity contribution in [1.29, 1.82) is 0 Å². The monoisotopic (exact) mass is 333 g/mol. The van der Waals surface area contributed by atoms with Gasteiger partial charge in [-0.15, -0.1) is 11.8 Å². The first-order valence-corrected chi connectivity index (χ1v) is 8.73. The lowest BCUT2D eigenvalue weighted by atomic mass is 9.99. The Morgan fingerprint density at radius 3 is 2.36 bits per heavy atom. The molecule has 2 rings (SSSR count). The van der Waals surface area contributed by atoms with Gasteiger partial charge in [0.2, 0.25) is 5.91 Å². The Balaban J connectivity index is 1.85. The third-order valence-corrected chi connectivity index (χ3v) is 4.82. The van der Waals surface area contributed by atoms with Crippen molar-refractivity contribution in [2.24, 2.45) is 0 Å². The zero-order valence-electron chi connectivity index (χ0n) is 12.8. The van der Waals surface area contributed by atoms with Crippen LogP contribution < -0.4 is 5.32 Å². The lowest BCUT2D eigenvalue weighted by Crippen LogP contribution is -2.13. The summed E-state index contributed by atoms with van der Waals surface area (Å²) in [6, 6.07) is 15.6. The largest absolute Gasteiger partial charge is 0.325 e. The maximum Gasteiger partial charge on any atom is 0.234 e. The van der Waals surface area contributed by atoms with Crippen molar-refractivity contribution in [2.45, 2.75) is 31.1 Å². The Hall–Kier alpha value is -1.45. The second-order valence-electron chi connectivity index (χ2n) is 5.22. The highest BCUT2D eigenvalue weighted by Gasteiger charge is 2.06. The van der Waals surface area contributed by atoms with Gasteiger partial charge in [-0.2, -0.15) is 0 Å². The van der Waals surface area contributed by atoms with Crippen molar-refractivity contribution < 1.29 is 4.79 Å². The summed E-state index contributed by atoms with van der Waals surface area (Å²) in [5.41, 5.74) is 2.14. The maximum absolute atomic E-state index is 12.0. The predicted octanol–water partition coefficient (Wildman–Crippen LogP) is 5.58. The number of benzene rings is 2. The van der Waals surface area contributed by atoms with Crippen molar-refractivity contribution in [2.75, 3.05) is 11.1 Å². The normalized spacial score (nSPS) is 12.0. The lowest BCUT2D eigenvalue weighted by Gasteiger charge is -2.10. The Morgan fingerprint density at radius 1 is 1.14 bits per heavy atom. The van der Waals surface area contributed by atoms with Crippen LogP contribution in [0.5, 0.6) is 0 Å². The molecule has 1 amide bonds. The van der Waals surface area contributed by atoms with E-state index in [1.165, 1.54) is 17.3 Å². The van der Waals surface area contributed by atoms with E-state index in [2.05, 4.69) is 31.3 Å². The molecule has 2 aromatic rings. The molecule has 0 heterocycles. The molecule has 0 radical (unpaired) electrons. The summed E-state index contributed by atoms with van der Waals surface area (Å²) in [6.07, 6.45) is 1.11. The molecule has 2 aromatic carbocycles. The van der Waals surface area contributed by atoms with Gasteiger partial charge in [0.25, 0.3) is 0 Å². The summed E-state index contributed by atoms with van der Waals surface area (Å²) in [7, 11) is 0. The van der Waals surface area contributed by atoms with Gasteiger partial charge in [-0.05, 0) is 54.3 Å². The minimum Gasteiger partial charge on any atom is -0.325 e. The van der Waals surface area contributed by atoms with Gasteiger partial charge >= 0.3 is 0 Å². The predicted molar refractivity (Wildman–Crippen MR) is 96.0 cm³/mol. The highest BCUT2D eigenvalue weighted by atomic mass is 35.5.